The van der Waals surface area contributed by atoms with Crippen LogP contribution in [0, 0.1) is 0 Å². The molecule has 0 amide bonds. The summed E-state index contributed by atoms with van der Waals surface area (Å²) in [5.74, 6) is -0.385. The van der Waals surface area contributed by atoms with Gasteiger partial charge >= 0.3 is 11.9 Å². The highest BCUT2D eigenvalue weighted by atomic mass is 16.5. The molecule has 0 unspecified atom stereocenters. The number of carbonyl (C=O) groups is 2. The topological polar surface area (TPSA) is 52.6 Å². The van der Waals surface area contributed by atoms with Crippen molar-refractivity contribution in [2.75, 3.05) is 13.2 Å². The van der Waals surface area contributed by atoms with Crippen LogP contribution in [0.5, 0.6) is 0 Å². The zero-order valence-electron chi connectivity index (χ0n) is 16.8. The quantitative estimate of drug-likeness (QED) is 0.182. The lowest BCUT2D eigenvalue weighted by Gasteiger charge is -2.01. The van der Waals surface area contributed by atoms with E-state index < -0.39 is 0 Å². The van der Waals surface area contributed by atoms with Crippen LogP contribution < -0.4 is 0 Å². The van der Waals surface area contributed by atoms with E-state index in [1.165, 1.54) is 58.8 Å². The summed E-state index contributed by atoms with van der Waals surface area (Å²) < 4.78 is 9.77. The Morgan fingerprint density at radius 3 is 1.38 bits per heavy atom. The van der Waals surface area contributed by atoms with E-state index in [0.717, 1.165) is 32.1 Å². The van der Waals surface area contributed by atoms with Gasteiger partial charge in [-0.15, -0.1) is 0 Å². The molecule has 0 aromatic rings. The van der Waals surface area contributed by atoms with Crippen molar-refractivity contribution in [1.29, 1.82) is 0 Å². The second-order valence-corrected chi connectivity index (χ2v) is 6.61. The molecule has 4 heteroatoms. The van der Waals surface area contributed by atoms with Gasteiger partial charge in [0.25, 0.3) is 0 Å². The number of unbranched alkanes of at least 4 members (excludes halogenated alkanes) is 9. The SMILES string of the molecule is CC(=O)OCCC=CCCCCCCC=CCCCCCCOC(C)=O. The van der Waals surface area contributed by atoms with Gasteiger partial charge in [0.15, 0.2) is 0 Å². The van der Waals surface area contributed by atoms with Crippen molar-refractivity contribution in [3.05, 3.63) is 24.3 Å². The van der Waals surface area contributed by atoms with E-state index in [2.05, 4.69) is 24.3 Å². The van der Waals surface area contributed by atoms with Gasteiger partial charge in [-0.05, 0) is 51.4 Å². The van der Waals surface area contributed by atoms with Crippen LogP contribution >= 0.6 is 0 Å². The van der Waals surface area contributed by atoms with Crippen LogP contribution in [0.4, 0.5) is 0 Å². The molecule has 0 saturated carbocycles. The molecule has 0 N–H and O–H groups in total. The van der Waals surface area contributed by atoms with Gasteiger partial charge in [0.05, 0.1) is 13.2 Å². The van der Waals surface area contributed by atoms with Gasteiger partial charge in [0.1, 0.15) is 0 Å². The molecule has 0 aliphatic heterocycles. The molecule has 0 fully saturated rings. The summed E-state index contributed by atoms with van der Waals surface area (Å²) >= 11 is 0. The Bertz CT molecular complexity index is 399. The van der Waals surface area contributed by atoms with Crippen molar-refractivity contribution >= 4 is 11.9 Å². The first-order valence-corrected chi connectivity index (χ1v) is 10.2. The third-order valence-corrected chi connectivity index (χ3v) is 3.99. The van der Waals surface area contributed by atoms with Crippen LogP contribution in [0.1, 0.15) is 90.9 Å². The first kappa shape index (κ1) is 24.4. The molecule has 0 aromatic heterocycles. The smallest absolute Gasteiger partial charge is 0.302 e. The maximum atomic E-state index is 10.6. The van der Waals surface area contributed by atoms with Gasteiger partial charge in [0, 0.05) is 13.8 Å². The molecular weight excluding hydrogens is 328 g/mol. The Kier molecular flexibility index (Phi) is 18.5. The fraction of sp³-hybridized carbons (Fsp3) is 0.727. The Morgan fingerprint density at radius 2 is 0.923 bits per heavy atom. The van der Waals surface area contributed by atoms with Crippen molar-refractivity contribution < 1.29 is 19.1 Å². The van der Waals surface area contributed by atoms with Crippen molar-refractivity contribution in [2.45, 2.75) is 90.9 Å². The Balaban J connectivity index is 3.18. The average Bonchev–Trinajstić information content (AvgIpc) is 2.59. The van der Waals surface area contributed by atoms with E-state index in [4.69, 9.17) is 9.47 Å². The molecule has 4 nitrogen and oxygen atoms in total. The minimum Gasteiger partial charge on any atom is -0.466 e. The second kappa shape index (κ2) is 19.7. The molecule has 0 bridgehead atoms. The summed E-state index contributed by atoms with van der Waals surface area (Å²) in [5, 5.41) is 0. The summed E-state index contributed by atoms with van der Waals surface area (Å²) in [7, 11) is 0. The lowest BCUT2D eigenvalue weighted by molar-refractivity contribution is -0.141. The average molecular weight is 367 g/mol. The summed E-state index contributed by atoms with van der Waals surface area (Å²) in [5.41, 5.74) is 0. The van der Waals surface area contributed by atoms with Gasteiger partial charge < -0.3 is 9.47 Å². The lowest BCUT2D eigenvalue weighted by atomic mass is 10.1. The van der Waals surface area contributed by atoms with Gasteiger partial charge in [-0.25, -0.2) is 0 Å². The molecule has 0 saturated heterocycles. The molecule has 0 atom stereocenters. The molecule has 0 heterocycles. The highest BCUT2D eigenvalue weighted by molar-refractivity contribution is 5.66. The van der Waals surface area contributed by atoms with E-state index in [1.54, 1.807) is 0 Å². The van der Waals surface area contributed by atoms with E-state index in [9.17, 15) is 9.59 Å². The molecule has 0 rings (SSSR count). The van der Waals surface area contributed by atoms with E-state index >= 15 is 0 Å². The summed E-state index contributed by atoms with van der Waals surface area (Å²) in [6.45, 7) is 3.95. The number of carbonyl (C=O) groups excluding carboxylic acids is 2. The summed E-state index contributed by atoms with van der Waals surface area (Å²) in [6.07, 6.45) is 22.8. The van der Waals surface area contributed by atoms with Crippen LogP contribution in [0.3, 0.4) is 0 Å². The molecule has 150 valence electrons. The number of esters is 2. The Labute approximate surface area is 160 Å². The molecule has 0 aliphatic rings. The third-order valence-electron chi connectivity index (χ3n) is 3.99. The molecule has 0 radical (unpaired) electrons. The highest BCUT2D eigenvalue weighted by Crippen LogP contribution is 2.08. The predicted octanol–water partition coefficient (Wildman–Crippen LogP) is 5.91. The van der Waals surface area contributed by atoms with Crippen LogP contribution in [-0.4, -0.2) is 25.2 Å². The number of hydrogen-bond donors (Lipinski definition) is 0. The number of allylic oxidation sites excluding steroid dienone is 3. The van der Waals surface area contributed by atoms with E-state index in [0.29, 0.717) is 13.2 Å². The largest absolute Gasteiger partial charge is 0.466 e. The fourth-order valence-corrected chi connectivity index (χ4v) is 2.55. The van der Waals surface area contributed by atoms with Crippen LogP contribution in [0.2, 0.25) is 0 Å². The third kappa shape index (κ3) is 22.4. The van der Waals surface area contributed by atoms with Crippen LogP contribution in [-0.2, 0) is 19.1 Å². The number of ether oxygens (including phenoxy) is 2. The van der Waals surface area contributed by atoms with Crippen molar-refractivity contribution in [2.24, 2.45) is 0 Å². The van der Waals surface area contributed by atoms with E-state index in [1.807, 2.05) is 0 Å². The second-order valence-electron chi connectivity index (χ2n) is 6.61. The lowest BCUT2D eigenvalue weighted by Crippen LogP contribution is -1.99. The monoisotopic (exact) mass is 366 g/mol. The molecule has 0 aliphatic carbocycles. The number of hydrogen-bond acceptors (Lipinski definition) is 4. The minimum absolute atomic E-state index is 0.180. The molecular formula is C22H38O4. The van der Waals surface area contributed by atoms with Crippen molar-refractivity contribution in [3.63, 3.8) is 0 Å². The maximum absolute atomic E-state index is 10.6. The molecule has 0 spiro atoms. The maximum Gasteiger partial charge on any atom is 0.302 e. The summed E-state index contributed by atoms with van der Waals surface area (Å²) in [6, 6.07) is 0. The van der Waals surface area contributed by atoms with Gasteiger partial charge in [-0.3, -0.25) is 9.59 Å². The molecule has 0 aromatic carbocycles. The first-order chi connectivity index (χ1) is 12.6. The number of rotatable bonds is 17. The minimum atomic E-state index is -0.205. The predicted molar refractivity (Wildman–Crippen MR) is 107 cm³/mol. The van der Waals surface area contributed by atoms with E-state index in [-0.39, 0.29) is 11.9 Å². The van der Waals surface area contributed by atoms with Gasteiger partial charge in [-0.2, -0.15) is 0 Å². The fourth-order valence-electron chi connectivity index (χ4n) is 2.55. The first-order valence-electron chi connectivity index (χ1n) is 10.2. The van der Waals surface area contributed by atoms with Gasteiger partial charge in [0.2, 0.25) is 0 Å². The standard InChI is InChI=1S/C22H38O4/c1-21(23)25-19-17-15-13-11-9-7-5-3-4-6-8-10-12-14-16-18-20-26-22(2)24/h5,7,14,16H,3-4,6,8-13,15,17-20H2,1-2H3. The van der Waals surface area contributed by atoms with Crippen molar-refractivity contribution in [1.82, 2.24) is 0 Å². The Morgan fingerprint density at radius 1 is 0.538 bits per heavy atom. The Hall–Kier alpha value is -1.58. The zero-order chi connectivity index (χ0) is 19.3. The van der Waals surface area contributed by atoms with Crippen LogP contribution in [0.15, 0.2) is 24.3 Å². The van der Waals surface area contributed by atoms with Crippen molar-refractivity contribution in [3.8, 4) is 0 Å². The highest BCUT2D eigenvalue weighted by Gasteiger charge is 1.93. The normalized spacial score (nSPS) is 11.3. The van der Waals surface area contributed by atoms with Gasteiger partial charge in [-0.1, -0.05) is 50.0 Å². The molecule has 26 heavy (non-hydrogen) atoms. The summed E-state index contributed by atoms with van der Waals surface area (Å²) in [4.78, 5) is 21.2. The van der Waals surface area contributed by atoms with Crippen LogP contribution in [0.25, 0.3) is 0 Å². The zero-order valence-corrected chi connectivity index (χ0v) is 16.8.